The molecule has 0 aliphatic carbocycles. The summed E-state index contributed by atoms with van der Waals surface area (Å²) in [5.41, 5.74) is 1.77. The lowest BCUT2D eigenvalue weighted by Crippen LogP contribution is -1.89. The smallest absolute Gasteiger partial charge is 0.124 e. The first-order chi connectivity index (χ1) is 12.2. The van der Waals surface area contributed by atoms with Gasteiger partial charge in [0.2, 0.25) is 0 Å². The van der Waals surface area contributed by atoms with Crippen molar-refractivity contribution in [1.29, 1.82) is 0 Å². The highest BCUT2D eigenvalue weighted by Crippen LogP contribution is 2.41. The van der Waals surface area contributed by atoms with Crippen LogP contribution in [0.25, 0.3) is 32.7 Å². The normalized spacial score (nSPS) is 11.0. The van der Waals surface area contributed by atoms with Gasteiger partial charge >= 0.3 is 0 Å². The van der Waals surface area contributed by atoms with Crippen LogP contribution in [0.4, 0.5) is 0 Å². The number of ether oxygens (including phenoxy) is 2. The predicted molar refractivity (Wildman–Crippen MR) is 102 cm³/mol. The van der Waals surface area contributed by atoms with Crippen LogP contribution >= 0.6 is 0 Å². The Morgan fingerprint density at radius 3 is 1.96 bits per heavy atom. The average molecular weight is 330 g/mol. The van der Waals surface area contributed by atoms with E-state index in [1.54, 1.807) is 20.3 Å². The van der Waals surface area contributed by atoms with Gasteiger partial charge in [-0.1, -0.05) is 36.4 Å². The summed E-state index contributed by atoms with van der Waals surface area (Å²) in [5, 5.41) is 14.8. The molecular formula is C22H18O3. The summed E-state index contributed by atoms with van der Waals surface area (Å²) in [4.78, 5) is 0. The second kappa shape index (κ2) is 6.02. The van der Waals surface area contributed by atoms with Gasteiger partial charge in [-0.25, -0.2) is 0 Å². The molecule has 0 bridgehead atoms. The van der Waals surface area contributed by atoms with E-state index in [1.807, 2.05) is 54.6 Å². The van der Waals surface area contributed by atoms with Gasteiger partial charge in [-0.3, -0.25) is 0 Å². The maximum atomic E-state index is 10.6. The average Bonchev–Trinajstić information content (AvgIpc) is 2.66. The lowest BCUT2D eigenvalue weighted by atomic mass is 9.93. The van der Waals surface area contributed by atoms with Gasteiger partial charge in [0, 0.05) is 5.56 Å². The fourth-order valence-electron chi connectivity index (χ4n) is 3.29. The zero-order chi connectivity index (χ0) is 17.4. The molecule has 0 atom stereocenters. The molecule has 0 aliphatic rings. The Bertz CT molecular complexity index is 1080. The number of fused-ring (bicyclic) bond motifs is 2. The molecule has 0 aromatic heterocycles. The quantitative estimate of drug-likeness (QED) is 0.548. The van der Waals surface area contributed by atoms with Crippen molar-refractivity contribution in [3.05, 3.63) is 66.7 Å². The molecule has 0 radical (unpaired) electrons. The van der Waals surface area contributed by atoms with E-state index < -0.39 is 0 Å². The van der Waals surface area contributed by atoms with Crippen LogP contribution in [0.5, 0.6) is 17.2 Å². The Kier molecular flexibility index (Phi) is 3.69. The Morgan fingerprint density at radius 2 is 1.28 bits per heavy atom. The van der Waals surface area contributed by atoms with Crippen LogP contribution in [0.2, 0.25) is 0 Å². The number of hydrogen-bond donors (Lipinski definition) is 1. The van der Waals surface area contributed by atoms with Gasteiger partial charge in [0.05, 0.1) is 14.2 Å². The summed E-state index contributed by atoms with van der Waals surface area (Å²) in [7, 11) is 3.30. The second-order valence-electron chi connectivity index (χ2n) is 5.94. The number of hydrogen-bond acceptors (Lipinski definition) is 3. The lowest BCUT2D eigenvalue weighted by Gasteiger charge is -2.14. The zero-order valence-corrected chi connectivity index (χ0v) is 14.1. The summed E-state index contributed by atoms with van der Waals surface area (Å²) in [6, 6.07) is 21.6. The SMILES string of the molecule is COc1ccc2cccc(-c3c(O)ccc4ccc(OC)cc34)c2c1. The molecule has 0 aliphatic heterocycles. The van der Waals surface area contributed by atoms with Gasteiger partial charge in [0.25, 0.3) is 0 Å². The summed E-state index contributed by atoms with van der Waals surface area (Å²) in [5.74, 6) is 1.80. The fourth-order valence-corrected chi connectivity index (χ4v) is 3.29. The lowest BCUT2D eigenvalue weighted by molar-refractivity contribution is 0.415. The molecule has 0 saturated carbocycles. The highest BCUT2D eigenvalue weighted by atomic mass is 16.5. The van der Waals surface area contributed by atoms with Crippen molar-refractivity contribution in [1.82, 2.24) is 0 Å². The molecule has 0 spiro atoms. The molecule has 4 rings (SSSR count). The zero-order valence-electron chi connectivity index (χ0n) is 14.1. The fraction of sp³-hybridized carbons (Fsp3) is 0.0909. The molecule has 0 unspecified atom stereocenters. The van der Waals surface area contributed by atoms with Gasteiger partial charge in [0.1, 0.15) is 17.2 Å². The molecule has 0 fully saturated rings. The summed E-state index contributed by atoms with van der Waals surface area (Å²) >= 11 is 0. The highest BCUT2D eigenvalue weighted by molar-refractivity contribution is 6.08. The minimum absolute atomic E-state index is 0.246. The molecule has 3 nitrogen and oxygen atoms in total. The van der Waals surface area contributed by atoms with Crippen molar-refractivity contribution in [2.75, 3.05) is 14.2 Å². The largest absolute Gasteiger partial charge is 0.507 e. The van der Waals surface area contributed by atoms with Crippen molar-refractivity contribution >= 4 is 21.5 Å². The number of aromatic hydroxyl groups is 1. The van der Waals surface area contributed by atoms with Gasteiger partial charge in [-0.15, -0.1) is 0 Å². The van der Waals surface area contributed by atoms with Crippen LogP contribution in [0.1, 0.15) is 0 Å². The first-order valence-corrected chi connectivity index (χ1v) is 8.08. The van der Waals surface area contributed by atoms with E-state index in [2.05, 4.69) is 6.07 Å². The van der Waals surface area contributed by atoms with Crippen LogP contribution < -0.4 is 9.47 Å². The first kappa shape index (κ1) is 15.3. The topological polar surface area (TPSA) is 38.7 Å². The standard InChI is InChI=1S/C22H18O3/c1-24-16-9-6-14-4-3-5-18(19(14)12-16)22-20-13-17(25-2)10-7-15(20)8-11-21(22)23/h3-13,23H,1-2H3. The summed E-state index contributed by atoms with van der Waals surface area (Å²) in [6.07, 6.45) is 0. The molecule has 0 saturated heterocycles. The van der Waals surface area contributed by atoms with E-state index in [0.29, 0.717) is 0 Å². The monoisotopic (exact) mass is 330 g/mol. The maximum absolute atomic E-state index is 10.6. The van der Waals surface area contributed by atoms with E-state index in [0.717, 1.165) is 44.2 Å². The second-order valence-corrected chi connectivity index (χ2v) is 5.94. The summed E-state index contributed by atoms with van der Waals surface area (Å²) in [6.45, 7) is 0. The molecule has 124 valence electrons. The van der Waals surface area contributed by atoms with Gasteiger partial charge < -0.3 is 14.6 Å². The van der Waals surface area contributed by atoms with E-state index in [9.17, 15) is 5.11 Å². The number of benzene rings is 4. The molecule has 0 heterocycles. The molecule has 0 amide bonds. The van der Waals surface area contributed by atoms with Crippen molar-refractivity contribution in [3.63, 3.8) is 0 Å². The Hall–Kier alpha value is -3.20. The minimum Gasteiger partial charge on any atom is -0.507 e. The van der Waals surface area contributed by atoms with Crippen LogP contribution in [-0.4, -0.2) is 19.3 Å². The predicted octanol–water partition coefficient (Wildman–Crippen LogP) is 5.38. The third kappa shape index (κ3) is 2.54. The van der Waals surface area contributed by atoms with Crippen molar-refractivity contribution < 1.29 is 14.6 Å². The molecule has 3 heteroatoms. The van der Waals surface area contributed by atoms with E-state index in [4.69, 9.17) is 9.47 Å². The van der Waals surface area contributed by atoms with E-state index in [-0.39, 0.29) is 5.75 Å². The van der Waals surface area contributed by atoms with Gasteiger partial charge in [-0.2, -0.15) is 0 Å². The van der Waals surface area contributed by atoms with Crippen molar-refractivity contribution in [3.8, 4) is 28.4 Å². The molecule has 1 N–H and O–H groups in total. The van der Waals surface area contributed by atoms with Crippen molar-refractivity contribution in [2.24, 2.45) is 0 Å². The molecule has 4 aromatic carbocycles. The first-order valence-electron chi connectivity index (χ1n) is 8.08. The third-order valence-electron chi connectivity index (χ3n) is 4.57. The maximum Gasteiger partial charge on any atom is 0.124 e. The van der Waals surface area contributed by atoms with Crippen LogP contribution in [0, 0.1) is 0 Å². The van der Waals surface area contributed by atoms with Gasteiger partial charge in [0.15, 0.2) is 0 Å². The Balaban J connectivity index is 2.10. The molecule has 25 heavy (non-hydrogen) atoms. The molecular weight excluding hydrogens is 312 g/mol. The van der Waals surface area contributed by atoms with Crippen LogP contribution in [-0.2, 0) is 0 Å². The third-order valence-corrected chi connectivity index (χ3v) is 4.57. The number of phenols is 1. The highest BCUT2D eigenvalue weighted by Gasteiger charge is 2.13. The van der Waals surface area contributed by atoms with Gasteiger partial charge in [-0.05, 0) is 57.4 Å². The Labute approximate surface area is 146 Å². The van der Waals surface area contributed by atoms with Crippen molar-refractivity contribution in [2.45, 2.75) is 0 Å². The number of rotatable bonds is 3. The van der Waals surface area contributed by atoms with Crippen LogP contribution in [0.3, 0.4) is 0 Å². The number of phenolic OH excluding ortho intramolecular Hbond substituents is 1. The summed E-state index contributed by atoms with van der Waals surface area (Å²) < 4.78 is 10.8. The van der Waals surface area contributed by atoms with E-state index >= 15 is 0 Å². The van der Waals surface area contributed by atoms with Crippen LogP contribution in [0.15, 0.2) is 66.7 Å². The Morgan fingerprint density at radius 1 is 0.680 bits per heavy atom. The minimum atomic E-state index is 0.246. The number of methoxy groups -OCH3 is 2. The molecule has 4 aromatic rings. The van der Waals surface area contributed by atoms with E-state index in [1.165, 1.54) is 0 Å².